The Bertz CT molecular complexity index is 391. The van der Waals surface area contributed by atoms with Gasteiger partial charge in [0.2, 0.25) is 5.91 Å². The Labute approximate surface area is 106 Å². The van der Waals surface area contributed by atoms with Crippen molar-refractivity contribution in [3.63, 3.8) is 0 Å². The summed E-state index contributed by atoms with van der Waals surface area (Å²) in [7, 11) is 0. The minimum Gasteiger partial charge on any atom is -0.494 e. The van der Waals surface area contributed by atoms with Crippen molar-refractivity contribution in [2.75, 3.05) is 6.61 Å². The first-order valence-electron chi connectivity index (χ1n) is 5.79. The van der Waals surface area contributed by atoms with Crippen molar-refractivity contribution in [3.05, 3.63) is 30.3 Å². The monoisotopic (exact) mass is 251 g/mol. The van der Waals surface area contributed by atoms with E-state index < -0.39 is 12.0 Å². The van der Waals surface area contributed by atoms with E-state index in [0.717, 1.165) is 5.75 Å². The number of carboxylic acids is 1. The first-order valence-corrected chi connectivity index (χ1v) is 5.79. The third-order valence-electron chi connectivity index (χ3n) is 2.31. The minimum atomic E-state index is -1.04. The molecule has 1 aromatic carbocycles. The molecule has 1 atom stereocenters. The van der Waals surface area contributed by atoms with Gasteiger partial charge < -0.3 is 15.2 Å². The molecular formula is C13H17NO4. The molecule has 18 heavy (non-hydrogen) atoms. The van der Waals surface area contributed by atoms with Crippen molar-refractivity contribution in [1.82, 2.24) is 5.32 Å². The van der Waals surface area contributed by atoms with Gasteiger partial charge in [-0.25, -0.2) is 0 Å². The van der Waals surface area contributed by atoms with E-state index in [1.54, 1.807) is 0 Å². The molecule has 0 bridgehead atoms. The highest BCUT2D eigenvalue weighted by Gasteiger charge is 2.13. The van der Waals surface area contributed by atoms with Crippen LogP contribution in [0.4, 0.5) is 0 Å². The van der Waals surface area contributed by atoms with Crippen LogP contribution in [0.1, 0.15) is 19.8 Å². The number of carboxylic acid groups (broad SMARTS) is 1. The number of benzene rings is 1. The molecule has 0 saturated carbocycles. The molecule has 0 heterocycles. The highest BCUT2D eigenvalue weighted by atomic mass is 16.5. The first kappa shape index (κ1) is 14.0. The summed E-state index contributed by atoms with van der Waals surface area (Å²) in [5, 5.41) is 11.0. The third kappa shape index (κ3) is 5.34. The van der Waals surface area contributed by atoms with Gasteiger partial charge in [0.25, 0.3) is 0 Å². The SMILES string of the molecule is C[C@H](NC(=O)CCCOc1ccccc1)C(=O)O. The zero-order chi connectivity index (χ0) is 13.4. The molecule has 1 amide bonds. The Kier molecular flexibility index (Phi) is 5.70. The van der Waals surface area contributed by atoms with Gasteiger partial charge in [0.05, 0.1) is 6.61 Å². The minimum absolute atomic E-state index is 0.254. The van der Waals surface area contributed by atoms with Crippen molar-refractivity contribution in [1.29, 1.82) is 0 Å². The van der Waals surface area contributed by atoms with E-state index in [2.05, 4.69) is 5.32 Å². The number of para-hydroxylation sites is 1. The van der Waals surface area contributed by atoms with Crippen LogP contribution in [0.3, 0.4) is 0 Å². The number of rotatable bonds is 7. The number of hydrogen-bond donors (Lipinski definition) is 2. The molecule has 1 aromatic rings. The van der Waals surface area contributed by atoms with Crippen molar-refractivity contribution in [2.24, 2.45) is 0 Å². The molecule has 0 spiro atoms. The van der Waals surface area contributed by atoms with E-state index in [4.69, 9.17) is 9.84 Å². The van der Waals surface area contributed by atoms with Gasteiger partial charge in [-0.1, -0.05) is 18.2 Å². The van der Waals surface area contributed by atoms with Crippen LogP contribution in [0.25, 0.3) is 0 Å². The van der Waals surface area contributed by atoms with Crippen LogP contribution in [0, 0.1) is 0 Å². The van der Waals surface area contributed by atoms with Crippen molar-refractivity contribution >= 4 is 11.9 Å². The predicted octanol–water partition coefficient (Wildman–Crippen LogP) is 1.43. The second-order valence-corrected chi connectivity index (χ2v) is 3.89. The average Bonchev–Trinajstić information content (AvgIpc) is 2.35. The number of amides is 1. The second kappa shape index (κ2) is 7.32. The Morgan fingerprint density at radius 3 is 2.61 bits per heavy atom. The van der Waals surface area contributed by atoms with Gasteiger partial charge in [0, 0.05) is 6.42 Å². The maximum Gasteiger partial charge on any atom is 0.325 e. The van der Waals surface area contributed by atoms with Gasteiger partial charge in [0.15, 0.2) is 0 Å². The zero-order valence-electron chi connectivity index (χ0n) is 10.3. The summed E-state index contributed by atoms with van der Waals surface area (Å²) < 4.78 is 5.41. The molecule has 0 aliphatic carbocycles. The van der Waals surface area contributed by atoms with Gasteiger partial charge >= 0.3 is 5.97 Å². The van der Waals surface area contributed by atoms with Crippen molar-refractivity contribution < 1.29 is 19.4 Å². The lowest BCUT2D eigenvalue weighted by Gasteiger charge is -2.09. The molecule has 0 aromatic heterocycles. The maximum absolute atomic E-state index is 11.3. The van der Waals surface area contributed by atoms with E-state index in [1.165, 1.54) is 6.92 Å². The summed E-state index contributed by atoms with van der Waals surface area (Å²) in [4.78, 5) is 21.8. The van der Waals surface area contributed by atoms with Gasteiger partial charge in [-0.05, 0) is 25.5 Å². The maximum atomic E-state index is 11.3. The van der Waals surface area contributed by atoms with Crippen LogP contribution in [0.2, 0.25) is 0 Å². The van der Waals surface area contributed by atoms with Crippen LogP contribution in [-0.4, -0.2) is 29.6 Å². The largest absolute Gasteiger partial charge is 0.494 e. The number of aliphatic carboxylic acids is 1. The number of hydrogen-bond acceptors (Lipinski definition) is 3. The van der Waals surface area contributed by atoms with Crippen LogP contribution >= 0.6 is 0 Å². The number of carbonyl (C=O) groups is 2. The fraction of sp³-hybridized carbons (Fsp3) is 0.385. The second-order valence-electron chi connectivity index (χ2n) is 3.89. The van der Waals surface area contributed by atoms with Gasteiger partial charge in [-0.2, -0.15) is 0 Å². The normalized spacial score (nSPS) is 11.6. The molecule has 1 rings (SSSR count). The quantitative estimate of drug-likeness (QED) is 0.719. The fourth-order valence-electron chi connectivity index (χ4n) is 1.31. The third-order valence-corrected chi connectivity index (χ3v) is 2.31. The smallest absolute Gasteiger partial charge is 0.325 e. The van der Waals surface area contributed by atoms with Crippen LogP contribution in [-0.2, 0) is 9.59 Å². The highest BCUT2D eigenvalue weighted by molar-refractivity contribution is 5.83. The number of nitrogens with one attached hydrogen (secondary N) is 1. The molecule has 0 saturated heterocycles. The Morgan fingerprint density at radius 1 is 1.33 bits per heavy atom. The topological polar surface area (TPSA) is 75.6 Å². The van der Waals surface area contributed by atoms with Crippen LogP contribution in [0.15, 0.2) is 30.3 Å². The fourth-order valence-corrected chi connectivity index (χ4v) is 1.31. The first-order chi connectivity index (χ1) is 8.59. The van der Waals surface area contributed by atoms with E-state index in [9.17, 15) is 9.59 Å². The lowest BCUT2D eigenvalue weighted by molar-refractivity contribution is -0.141. The zero-order valence-corrected chi connectivity index (χ0v) is 10.3. The van der Waals surface area contributed by atoms with Gasteiger partial charge in [-0.15, -0.1) is 0 Å². The summed E-state index contributed by atoms with van der Waals surface area (Å²) in [5.74, 6) is -0.553. The van der Waals surface area contributed by atoms with Crippen molar-refractivity contribution in [2.45, 2.75) is 25.8 Å². The summed E-state index contributed by atoms with van der Waals surface area (Å²) in [6, 6.07) is 8.47. The van der Waals surface area contributed by atoms with Gasteiger partial charge in [-0.3, -0.25) is 9.59 Å². The standard InChI is InChI=1S/C13H17NO4/c1-10(13(16)17)14-12(15)8-5-9-18-11-6-3-2-4-7-11/h2-4,6-7,10H,5,8-9H2,1H3,(H,14,15)(H,16,17)/t10-/m0/s1. The molecule has 0 radical (unpaired) electrons. The summed E-state index contributed by atoms with van der Waals surface area (Å²) in [6.45, 7) is 1.86. The lowest BCUT2D eigenvalue weighted by Crippen LogP contribution is -2.38. The highest BCUT2D eigenvalue weighted by Crippen LogP contribution is 2.08. The molecule has 5 heteroatoms. The van der Waals surface area contributed by atoms with Crippen LogP contribution in [0.5, 0.6) is 5.75 Å². The molecule has 98 valence electrons. The van der Waals surface area contributed by atoms with Crippen molar-refractivity contribution in [3.8, 4) is 5.75 Å². The van der Waals surface area contributed by atoms with E-state index in [1.807, 2.05) is 30.3 Å². The Hall–Kier alpha value is -2.04. The van der Waals surface area contributed by atoms with Gasteiger partial charge in [0.1, 0.15) is 11.8 Å². The van der Waals surface area contributed by atoms with E-state index in [-0.39, 0.29) is 12.3 Å². The summed E-state index contributed by atoms with van der Waals surface area (Å²) in [5.41, 5.74) is 0. The van der Waals surface area contributed by atoms with Crippen LogP contribution < -0.4 is 10.1 Å². The number of carbonyl (C=O) groups excluding carboxylic acids is 1. The molecule has 0 unspecified atom stereocenters. The molecule has 0 aliphatic heterocycles. The lowest BCUT2D eigenvalue weighted by atomic mass is 10.2. The summed E-state index contributed by atoms with van der Waals surface area (Å²) >= 11 is 0. The molecule has 2 N–H and O–H groups in total. The predicted molar refractivity (Wildman–Crippen MR) is 66.4 cm³/mol. The van der Waals surface area contributed by atoms with E-state index in [0.29, 0.717) is 13.0 Å². The number of ether oxygens (including phenoxy) is 1. The summed E-state index contributed by atoms with van der Waals surface area (Å²) in [6.07, 6.45) is 0.803. The molecule has 0 fully saturated rings. The average molecular weight is 251 g/mol. The molecule has 5 nitrogen and oxygen atoms in total. The molecular weight excluding hydrogens is 234 g/mol. The Balaban J connectivity index is 2.14. The van der Waals surface area contributed by atoms with E-state index >= 15 is 0 Å². The molecule has 0 aliphatic rings. The Morgan fingerprint density at radius 2 is 2.00 bits per heavy atom.